The minimum Gasteiger partial charge on any atom is -0.503 e. The lowest BCUT2D eigenvalue weighted by Gasteiger charge is -2.26. The van der Waals surface area contributed by atoms with E-state index in [1.54, 1.807) is 27.0 Å². The molecule has 0 aliphatic carbocycles. The van der Waals surface area contributed by atoms with Gasteiger partial charge in [-0.3, -0.25) is 9.59 Å². The molecule has 0 radical (unpaired) electrons. The maximum Gasteiger partial charge on any atom is 0.309 e. The van der Waals surface area contributed by atoms with Crippen LogP contribution in [-0.4, -0.2) is 48.3 Å². The highest BCUT2D eigenvalue weighted by molar-refractivity contribution is 5.99. The lowest BCUT2D eigenvalue weighted by atomic mass is 10.0. The highest BCUT2D eigenvalue weighted by Gasteiger charge is 2.28. The summed E-state index contributed by atoms with van der Waals surface area (Å²) >= 11 is 0. The molecule has 174 valence electrons. The molecule has 0 bridgehead atoms. The number of hydrogen-bond acceptors (Lipinski definition) is 8. The highest BCUT2D eigenvalue weighted by atomic mass is 16.6. The average molecular weight is 446 g/mol. The lowest BCUT2D eigenvalue weighted by molar-refractivity contribution is -0.157. The Morgan fingerprint density at radius 3 is 2.47 bits per heavy atom. The van der Waals surface area contributed by atoms with E-state index in [4.69, 9.17) is 18.9 Å². The molecule has 0 spiro atoms. The van der Waals surface area contributed by atoms with Crippen LogP contribution in [0.15, 0.2) is 36.5 Å². The molecule has 1 heterocycles. The quantitative estimate of drug-likeness (QED) is 0.383. The van der Waals surface area contributed by atoms with Crippen molar-refractivity contribution in [3.63, 3.8) is 0 Å². The SMILES string of the molecule is CCC[C@@H](Oc1cccc(OC)c1)[C@H](C)OC(=O)[C@H](C)CC(=O)c1nccc(OC)c1O. The van der Waals surface area contributed by atoms with Crippen LogP contribution < -0.4 is 14.2 Å². The van der Waals surface area contributed by atoms with Crippen molar-refractivity contribution in [3.05, 3.63) is 42.2 Å². The number of rotatable bonds is 12. The Morgan fingerprint density at radius 2 is 1.81 bits per heavy atom. The number of aromatic hydroxyl groups is 1. The third-order valence-electron chi connectivity index (χ3n) is 4.99. The molecule has 2 rings (SSSR count). The molecule has 2 aromatic rings. The smallest absolute Gasteiger partial charge is 0.309 e. The van der Waals surface area contributed by atoms with Gasteiger partial charge in [0.25, 0.3) is 0 Å². The summed E-state index contributed by atoms with van der Waals surface area (Å²) in [4.78, 5) is 29.1. The van der Waals surface area contributed by atoms with Crippen LogP contribution in [0.2, 0.25) is 0 Å². The predicted molar refractivity (Wildman–Crippen MR) is 118 cm³/mol. The maximum atomic E-state index is 12.6. The first-order valence-corrected chi connectivity index (χ1v) is 10.6. The molecule has 8 nitrogen and oxygen atoms in total. The highest BCUT2D eigenvalue weighted by Crippen LogP contribution is 2.29. The van der Waals surface area contributed by atoms with Crippen LogP contribution >= 0.6 is 0 Å². The second-order valence-corrected chi connectivity index (χ2v) is 7.50. The Hall–Kier alpha value is -3.29. The average Bonchev–Trinajstić information content (AvgIpc) is 2.78. The fraction of sp³-hybridized carbons (Fsp3) is 0.458. The number of Topliss-reactive ketones (excluding diaryl/α,β-unsaturated/α-hetero) is 1. The summed E-state index contributed by atoms with van der Waals surface area (Å²) in [6.45, 7) is 5.38. The van der Waals surface area contributed by atoms with E-state index < -0.39 is 23.8 Å². The standard InChI is InChI=1S/C24H31NO7/c1-6-8-20(32-18-10-7-9-17(14-18)29-4)16(3)31-24(28)15(2)13-19(26)22-23(27)21(30-5)11-12-25-22/h7,9-12,14-16,20,27H,6,8,13H2,1-5H3/t15-,16+,20-/m1/s1. The third-order valence-corrected chi connectivity index (χ3v) is 4.99. The number of hydrogen-bond donors (Lipinski definition) is 1. The molecule has 0 fully saturated rings. The molecule has 0 saturated carbocycles. The Labute approximate surface area is 188 Å². The molecule has 1 aromatic carbocycles. The topological polar surface area (TPSA) is 104 Å². The minimum atomic E-state index is -0.726. The van der Waals surface area contributed by atoms with Gasteiger partial charge in [0.15, 0.2) is 23.0 Å². The van der Waals surface area contributed by atoms with Gasteiger partial charge in [-0.15, -0.1) is 0 Å². The van der Waals surface area contributed by atoms with E-state index in [1.165, 1.54) is 19.4 Å². The lowest BCUT2D eigenvalue weighted by Crippen LogP contribution is -2.35. The number of carbonyl (C=O) groups is 2. The van der Waals surface area contributed by atoms with E-state index >= 15 is 0 Å². The van der Waals surface area contributed by atoms with Gasteiger partial charge in [0.05, 0.1) is 20.1 Å². The fourth-order valence-electron chi connectivity index (χ4n) is 3.16. The largest absolute Gasteiger partial charge is 0.503 e. The second-order valence-electron chi connectivity index (χ2n) is 7.50. The van der Waals surface area contributed by atoms with E-state index in [9.17, 15) is 14.7 Å². The first kappa shape index (κ1) is 25.0. The van der Waals surface area contributed by atoms with Crippen LogP contribution in [-0.2, 0) is 9.53 Å². The molecule has 0 saturated heterocycles. The van der Waals surface area contributed by atoms with Crippen LogP contribution in [0.3, 0.4) is 0 Å². The van der Waals surface area contributed by atoms with Gasteiger partial charge >= 0.3 is 5.97 Å². The van der Waals surface area contributed by atoms with E-state index in [-0.39, 0.29) is 29.7 Å². The summed E-state index contributed by atoms with van der Waals surface area (Å²) in [5.74, 6) is -0.637. The van der Waals surface area contributed by atoms with Crippen molar-refractivity contribution in [2.75, 3.05) is 14.2 Å². The zero-order chi connectivity index (χ0) is 23.7. The molecule has 1 aromatic heterocycles. The number of pyridine rings is 1. The summed E-state index contributed by atoms with van der Waals surface area (Å²) in [6, 6.07) is 8.67. The Morgan fingerprint density at radius 1 is 1.09 bits per heavy atom. The molecule has 32 heavy (non-hydrogen) atoms. The van der Waals surface area contributed by atoms with Crippen molar-refractivity contribution in [2.24, 2.45) is 5.92 Å². The monoisotopic (exact) mass is 445 g/mol. The summed E-state index contributed by atoms with van der Waals surface area (Å²) < 4.78 is 21.9. The number of carbonyl (C=O) groups excluding carboxylic acids is 2. The first-order chi connectivity index (χ1) is 15.3. The van der Waals surface area contributed by atoms with Gasteiger partial charge in [0.1, 0.15) is 23.7 Å². The van der Waals surface area contributed by atoms with Crippen molar-refractivity contribution in [1.29, 1.82) is 0 Å². The number of benzene rings is 1. The normalized spacial score (nSPS) is 13.5. The van der Waals surface area contributed by atoms with Crippen molar-refractivity contribution >= 4 is 11.8 Å². The van der Waals surface area contributed by atoms with Gasteiger partial charge in [-0.25, -0.2) is 4.98 Å². The molecule has 0 aliphatic heterocycles. The summed E-state index contributed by atoms with van der Waals surface area (Å²) in [6.07, 6.45) is 1.83. The molecular formula is C24H31NO7. The van der Waals surface area contributed by atoms with Crippen LogP contribution in [0.1, 0.15) is 50.5 Å². The van der Waals surface area contributed by atoms with Crippen molar-refractivity contribution in [3.8, 4) is 23.0 Å². The molecule has 0 aliphatic rings. The van der Waals surface area contributed by atoms with Gasteiger partial charge in [-0.05, 0) is 25.5 Å². The van der Waals surface area contributed by atoms with Gasteiger partial charge in [-0.2, -0.15) is 0 Å². The Balaban J connectivity index is 2.01. The van der Waals surface area contributed by atoms with E-state index in [2.05, 4.69) is 4.98 Å². The van der Waals surface area contributed by atoms with Crippen molar-refractivity contribution in [2.45, 2.75) is 52.2 Å². The summed E-state index contributed by atoms with van der Waals surface area (Å²) in [5, 5.41) is 10.1. The van der Waals surface area contributed by atoms with E-state index in [0.29, 0.717) is 17.9 Å². The number of methoxy groups -OCH3 is 2. The van der Waals surface area contributed by atoms with Crippen LogP contribution in [0, 0.1) is 5.92 Å². The number of ether oxygens (including phenoxy) is 4. The van der Waals surface area contributed by atoms with Gasteiger partial charge < -0.3 is 24.1 Å². The predicted octanol–water partition coefficient (Wildman–Crippen LogP) is 4.19. The second kappa shape index (κ2) is 11.9. The van der Waals surface area contributed by atoms with Crippen molar-refractivity contribution < 1.29 is 33.6 Å². The zero-order valence-electron chi connectivity index (χ0n) is 19.2. The molecule has 0 amide bonds. The first-order valence-electron chi connectivity index (χ1n) is 10.6. The number of esters is 1. The number of aromatic nitrogens is 1. The van der Waals surface area contributed by atoms with Crippen molar-refractivity contribution in [1.82, 2.24) is 4.98 Å². The zero-order valence-corrected chi connectivity index (χ0v) is 19.2. The minimum absolute atomic E-state index is 0.137. The number of ketones is 1. The van der Waals surface area contributed by atoms with E-state index in [1.807, 2.05) is 25.1 Å². The van der Waals surface area contributed by atoms with Crippen LogP contribution in [0.5, 0.6) is 23.0 Å². The summed E-state index contributed by atoms with van der Waals surface area (Å²) in [7, 11) is 2.96. The molecule has 0 unspecified atom stereocenters. The Kier molecular flexibility index (Phi) is 9.31. The number of nitrogens with zero attached hydrogens (tertiary/aromatic N) is 1. The Bertz CT molecular complexity index is 915. The van der Waals surface area contributed by atoms with Crippen LogP contribution in [0.25, 0.3) is 0 Å². The van der Waals surface area contributed by atoms with Gasteiger partial charge in [0.2, 0.25) is 0 Å². The van der Waals surface area contributed by atoms with Gasteiger partial charge in [0, 0.05) is 24.8 Å². The maximum absolute atomic E-state index is 12.6. The fourth-order valence-corrected chi connectivity index (χ4v) is 3.16. The van der Waals surface area contributed by atoms with Crippen LogP contribution in [0.4, 0.5) is 0 Å². The molecular weight excluding hydrogens is 414 g/mol. The summed E-state index contributed by atoms with van der Waals surface area (Å²) in [5.41, 5.74) is -0.137. The van der Waals surface area contributed by atoms with E-state index in [0.717, 1.165) is 6.42 Å². The molecule has 3 atom stereocenters. The van der Waals surface area contributed by atoms with Gasteiger partial charge in [-0.1, -0.05) is 26.3 Å². The molecule has 8 heteroatoms. The third kappa shape index (κ3) is 6.60. The molecule has 1 N–H and O–H groups in total.